The van der Waals surface area contributed by atoms with Gasteiger partial charge >= 0.3 is 29.6 Å². The largest absolute Gasteiger partial charge is 1.00 e. The zero-order valence-electron chi connectivity index (χ0n) is 20.6. The van der Waals surface area contributed by atoms with Crippen molar-refractivity contribution in [3.05, 3.63) is 18.1 Å². The van der Waals surface area contributed by atoms with E-state index in [1.165, 1.54) is 51.4 Å². The molecular formula is C27H46ClNaO. The summed E-state index contributed by atoms with van der Waals surface area (Å²) < 4.78 is 0. The first-order valence-corrected chi connectivity index (χ1v) is 12.5. The van der Waals surface area contributed by atoms with Crippen LogP contribution >= 0.6 is 12.4 Å². The number of allylic oxidation sites excluding steroid dienone is 1. The first-order chi connectivity index (χ1) is 13.3. The van der Waals surface area contributed by atoms with E-state index in [9.17, 15) is 5.11 Å². The Kier molecular flexibility index (Phi) is 9.53. The Morgan fingerprint density at radius 3 is 2.53 bits per heavy atom. The molecule has 8 atom stereocenters. The van der Waals surface area contributed by atoms with Crippen LogP contribution in [-0.4, -0.2) is 11.2 Å². The summed E-state index contributed by atoms with van der Waals surface area (Å²) in [7, 11) is 0. The van der Waals surface area contributed by atoms with Crippen molar-refractivity contribution in [2.45, 2.75) is 105 Å². The molecule has 3 fully saturated rings. The van der Waals surface area contributed by atoms with Gasteiger partial charge in [0.05, 0.1) is 0 Å². The molecule has 0 unspecified atom stereocenters. The zero-order chi connectivity index (χ0) is 20.1. The normalized spacial score (nSPS) is 43.4. The van der Waals surface area contributed by atoms with E-state index in [0.29, 0.717) is 5.41 Å². The van der Waals surface area contributed by atoms with Gasteiger partial charge in [0.15, 0.2) is 0 Å². The summed E-state index contributed by atoms with van der Waals surface area (Å²) in [4.78, 5) is 0. The number of rotatable bonds is 5. The molecule has 0 aromatic carbocycles. The monoisotopic (exact) mass is 444 g/mol. The third-order valence-electron chi connectivity index (χ3n) is 10.0. The van der Waals surface area contributed by atoms with Crippen LogP contribution in [0.5, 0.6) is 0 Å². The molecule has 3 saturated carbocycles. The SMILES string of the molecule is CC(C)CCC[C@@H](C)[C@H]1CC[C@H]2[C@@H]3CC=C4C[C@H](O)C[CH-][C@]4(C)[C@H]3CC[C@]12C.Cl.[Na+]. The Balaban J connectivity index is 0.00000160. The van der Waals surface area contributed by atoms with Crippen molar-refractivity contribution < 1.29 is 34.7 Å². The predicted octanol–water partition coefficient (Wildman–Crippen LogP) is 4.63. The van der Waals surface area contributed by atoms with Crippen molar-refractivity contribution in [1.29, 1.82) is 0 Å². The number of hydrogen-bond donors (Lipinski definition) is 1. The van der Waals surface area contributed by atoms with Crippen LogP contribution in [0.4, 0.5) is 0 Å². The van der Waals surface area contributed by atoms with Crippen molar-refractivity contribution in [2.75, 3.05) is 0 Å². The maximum atomic E-state index is 10.2. The molecule has 0 aliphatic heterocycles. The zero-order valence-corrected chi connectivity index (χ0v) is 23.4. The second kappa shape index (κ2) is 10.5. The molecule has 0 aromatic rings. The van der Waals surface area contributed by atoms with Gasteiger partial charge in [0.25, 0.3) is 0 Å². The number of aliphatic hydroxyl groups is 1. The molecule has 1 nitrogen and oxygen atoms in total. The molecule has 30 heavy (non-hydrogen) atoms. The third-order valence-corrected chi connectivity index (χ3v) is 10.0. The van der Waals surface area contributed by atoms with Gasteiger partial charge in [0, 0.05) is 6.10 Å². The van der Waals surface area contributed by atoms with E-state index in [1.54, 1.807) is 5.57 Å². The van der Waals surface area contributed by atoms with Gasteiger partial charge in [-0.2, -0.15) is 6.42 Å². The van der Waals surface area contributed by atoms with E-state index in [1.807, 2.05) is 0 Å². The molecule has 4 rings (SSSR count). The molecule has 0 amide bonds. The first-order valence-electron chi connectivity index (χ1n) is 12.5. The van der Waals surface area contributed by atoms with Gasteiger partial charge in [-0.15, -0.1) is 17.8 Å². The third kappa shape index (κ3) is 4.77. The summed E-state index contributed by atoms with van der Waals surface area (Å²) in [5.41, 5.74) is 2.41. The number of hydrogen-bond acceptors (Lipinski definition) is 1. The first kappa shape index (κ1) is 27.2. The van der Waals surface area contributed by atoms with Gasteiger partial charge in [-0.05, 0) is 67.1 Å². The minimum Gasteiger partial charge on any atom is -0.395 e. The van der Waals surface area contributed by atoms with E-state index in [2.05, 4.69) is 47.1 Å². The van der Waals surface area contributed by atoms with Crippen LogP contribution in [-0.2, 0) is 0 Å². The van der Waals surface area contributed by atoms with Crippen LogP contribution in [0.3, 0.4) is 0 Å². The summed E-state index contributed by atoms with van der Waals surface area (Å²) in [6.45, 7) is 12.5. The molecule has 0 spiro atoms. The van der Waals surface area contributed by atoms with Gasteiger partial charge in [-0.25, -0.2) is 0 Å². The topological polar surface area (TPSA) is 20.2 Å². The fourth-order valence-corrected chi connectivity index (χ4v) is 8.43. The van der Waals surface area contributed by atoms with E-state index < -0.39 is 0 Å². The van der Waals surface area contributed by atoms with Gasteiger partial charge in [0.1, 0.15) is 0 Å². The van der Waals surface area contributed by atoms with Crippen molar-refractivity contribution >= 4 is 12.4 Å². The Hall–Kier alpha value is 0.990. The van der Waals surface area contributed by atoms with E-state index in [0.717, 1.165) is 48.3 Å². The van der Waals surface area contributed by atoms with Crippen LogP contribution in [0.1, 0.15) is 98.8 Å². The van der Waals surface area contributed by atoms with E-state index in [-0.39, 0.29) is 53.5 Å². The second-order valence-corrected chi connectivity index (χ2v) is 12.0. The van der Waals surface area contributed by atoms with Gasteiger partial charge in [0.2, 0.25) is 0 Å². The molecule has 4 aliphatic rings. The van der Waals surface area contributed by atoms with Crippen molar-refractivity contribution in [3.8, 4) is 0 Å². The molecule has 0 bridgehead atoms. The molecule has 0 saturated heterocycles. The quantitative estimate of drug-likeness (QED) is 0.372. The fraction of sp³-hybridized carbons (Fsp3) is 0.889. The average Bonchev–Trinajstić information content (AvgIpc) is 2.99. The van der Waals surface area contributed by atoms with Crippen LogP contribution < -0.4 is 29.6 Å². The molecule has 0 radical (unpaired) electrons. The summed E-state index contributed by atoms with van der Waals surface area (Å²) >= 11 is 0. The maximum Gasteiger partial charge on any atom is 1.00 e. The fourth-order valence-electron chi connectivity index (χ4n) is 8.43. The number of halogens is 1. The van der Waals surface area contributed by atoms with Gasteiger partial charge in [-0.1, -0.05) is 77.9 Å². The van der Waals surface area contributed by atoms with Gasteiger partial charge < -0.3 is 11.5 Å². The molecule has 0 heterocycles. The van der Waals surface area contributed by atoms with Crippen molar-refractivity contribution in [1.82, 2.24) is 0 Å². The Bertz CT molecular complexity index is 604. The van der Waals surface area contributed by atoms with E-state index in [4.69, 9.17) is 0 Å². The smallest absolute Gasteiger partial charge is 0.395 e. The standard InChI is InChI=1S/C27H45O.ClH.Na/c1-18(2)7-6-8-19(3)23-11-12-24-22-10-9-20-17-21(28)13-15-26(20,4)25(22)14-16-27(23,24)5;;/h9,15,18-19,21-25,28H,6-8,10-14,16-17H2,1-5H3;1H;/q-1;;+1/t19-,21-,22+,23-,24+,25+,26+,27-;;/m1../s1. The van der Waals surface area contributed by atoms with Crippen LogP contribution in [0.2, 0.25) is 0 Å². The minimum atomic E-state index is -0.132. The summed E-state index contributed by atoms with van der Waals surface area (Å²) in [6.07, 6.45) is 18.1. The molecule has 168 valence electrons. The van der Waals surface area contributed by atoms with Crippen LogP contribution in [0.15, 0.2) is 11.6 Å². The molecule has 0 aromatic heterocycles. The molecule has 1 N–H and O–H groups in total. The minimum absolute atomic E-state index is 0. The second-order valence-electron chi connectivity index (χ2n) is 12.0. The maximum absolute atomic E-state index is 10.2. The van der Waals surface area contributed by atoms with Crippen LogP contribution in [0.25, 0.3) is 0 Å². The number of fused-ring (bicyclic) bond motifs is 5. The molecule has 3 heteroatoms. The Morgan fingerprint density at radius 2 is 1.83 bits per heavy atom. The summed E-state index contributed by atoms with van der Waals surface area (Å²) in [5.74, 6) is 5.33. The number of aliphatic hydroxyl groups excluding tert-OH is 1. The Labute approximate surface area is 215 Å². The van der Waals surface area contributed by atoms with E-state index >= 15 is 0 Å². The molecule has 4 aliphatic carbocycles. The average molecular weight is 445 g/mol. The van der Waals surface area contributed by atoms with Gasteiger partial charge in [-0.3, -0.25) is 0 Å². The molecular weight excluding hydrogens is 399 g/mol. The van der Waals surface area contributed by atoms with Crippen molar-refractivity contribution in [2.24, 2.45) is 46.3 Å². The summed E-state index contributed by atoms with van der Waals surface area (Å²) in [6, 6.07) is 0. The Morgan fingerprint density at radius 1 is 1.10 bits per heavy atom. The van der Waals surface area contributed by atoms with Crippen molar-refractivity contribution in [3.63, 3.8) is 0 Å². The summed E-state index contributed by atoms with van der Waals surface area (Å²) in [5, 5.41) is 10.2. The predicted molar refractivity (Wildman–Crippen MR) is 126 cm³/mol. The van der Waals surface area contributed by atoms with Crippen LogP contribution in [0, 0.1) is 52.8 Å².